The van der Waals surface area contributed by atoms with Crippen LogP contribution in [0.4, 0.5) is 24.5 Å². The number of aromatic nitrogens is 2. The van der Waals surface area contributed by atoms with Crippen LogP contribution in [0.25, 0.3) is 0 Å². The van der Waals surface area contributed by atoms with Gasteiger partial charge in [-0.15, -0.1) is 0 Å². The lowest BCUT2D eigenvalue weighted by atomic mass is 10.1. The van der Waals surface area contributed by atoms with Crippen LogP contribution in [0.15, 0.2) is 53.3 Å². The van der Waals surface area contributed by atoms with Crippen LogP contribution in [-0.4, -0.2) is 28.5 Å². The Kier molecular flexibility index (Phi) is 7.42. The second-order valence-corrected chi connectivity index (χ2v) is 9.00. The molecule has 9 nitrogen and oxygen atoms in total. The third-order valence-electron chi connectivity index (χ3n) is 6.31. The molecule has 0 spiro atoms. The molecule has 0 radical (unpaired) electrons. The van der Waals surface area contributed by atoms with Crippen LogP contribution in [0.5, 0.6) is 5.75 Å². The summed E-state index contributed by atoms with van der Waals surface area (Å²) in [4.78, 5) is 43.1. The summed E-state index contributed by atoms with van der Waals surface area (Å²) in [5, 5.41) is 5.57. The Labute approximate surface area is 215 Å². The van der Waals surface area contributed by atoms with E-state index in [0.717, 1.165) is 12.1 Å². The third kappa shape index (κ3) is 5.48. The molecule has 0 bridgehead atoms. The van der Waals surface area contributed by atoms with E-state index in [0.29, 0.717) is 17.3 Å². The van der Waals surface area contributed by atoms with E-state index in [1.54, 1.807) is 31.2 Å². The standard InChI is InChI=1S/C26H26F3N5O4/c1-14-10-19(23(30)36)34-24(14)33-18(12-21(35)32-17-8-3-4-9-20(17)38-2)22(25(34)37)31-13-15-6-5-7-16(11-15)26(27,28)29/h3-9,11,14,19,31H,10,12-13H2,1-2H3,(H2,30,36)(H,32,35). The van der Waals surface area contributed by atoms with Crippen molar-refractivity contribution in [2.24, 2.45) is 5.73 Å². The highest BCUT2D eigenvalue weighted by Gasteiger charge is 2.36. The molecule has 4 rings (SSSR count). The summed E-state index contributed by atoms with van der Waals surface area (Å²) in [6.07, 6.45) is -4.58. The van der Waals surface area contributed by atoms with Crippen molar-refractivity contribution < 1.29 is 27.5 Å². The van der Waals surface area contributed by atoms with Gasteiger partial charge in [-0.25, -0.2) is 4.98 Å². The summed E-state index contributed by atoms with van der Waals surface area (Å²) in [5.41, 5.74) is 4.73. The van der Waals surface area contributed by atoms with Gasteiger partial charge in [-0.05, 0) is 36.2 Å². The van der Waals surface area contributed by atoms with Crippen molar-refractivity contribution in [2.45, 2.75) is 44.4 Å². The molecule has 0 aliphatic carbocycles. The van der Waals surface area contributed by atoms with E-state index >= 15 is 0 Å². The number of nitrogens with one attached hydrogen (secondary N) is 2. The largest absolute Gasteiger partial charge is 0.495 e. The summed E-state index contributed by atoms with van der Waals surface area (Å²) in [6, 6.07) is 10.5. The molecule has 38 heavy (non-hydrogen) atoms. The van der Waals surface area contributed by atoms with Crippen molar-refractivity contribution in [3.8, 4) is 5.75 Å². The van der Waals surface area contributed by atoms with Crippen LogP contribution in [0.1, 0.15) is 47.9 Å². The fourth-order valence-electron chi connectivity index (χ4n) is 4.48. The number of carbonyl (C=O) groups excluding carboxylic acids is 2. The number of hydrogen-bond acceptors (Lipinski definition) is 6. The fraction of sp³-hybridized carbons (Fsp3) is 0.308. The minimum absolute atomic E-state index is 0.0950. The van der Waals surface area contributed by atoms with Crippen LogP contribution in [0, 0.1) is 0 Å². The number of benzene rings is 2. The number of halogens is 3. The topological polar surface area (TPSA) is 128 Å². The molecule has 12 heteroatoms. The van der Waals surface area contributed by atoms with Gasteiger partial charge in [-0.2, -0.15) is 13.2 Å². The van der Waals surface area contributed by atoms with Gasteiger partial charge in [-0.3, -0.25) is 19.0 Å². The van der Waals surface area contributed by atoms with Crippen LogP contribution in [-0.2, 0) is 28.7 Å². The number of anilines is 2. The van der Waals surface area contributed by atoms with E-state index in [4.69, 9.17) is 10.5 Å². The second-order valence-electron chi connectivity index (χ2n) is 9.00. The number of fused-ring (bicyclic) bond motifs is 1. The van der Waals surface area contributed by atoms with Crippen LogP contribution in [0.2, 0.25) is 0 Å². The van der Waals surface area contributed by atoms with Crippen molar-refractivity contribution >= 4 is 23.2 Å². The Bertz CT molecular complexity index is 1440. The molecule has 0 fully saturated rings. The number of ether oxygens (including phenoxy) is 1. The number of carbonyl (C=O) groups is 2. The first-order valence-electron chi connectivity index (χ1n) is 11.8. The first-order valence-corrected chi connectivity index (χ1v) is 11.8. The number of rotatable bonds is 8. The zero-order chi connectivity index (χ0) is 27.6. The highest BCUT2D eigenvalue weighted by Crippen LogP contribution is 2.34. The first kappa shape index (κ1) is 26.7. The molecule has 4 N–H and O–H groups in total. The highest BCUT2D eigenvalue weighted by atomic mass is 19.4. The zero-order valence-electron chi connectivity index (χ0n) is 20.6. The van der Waals surface area contributed by atoms with Gasteiger partial charge >= 0.3 is 6.18 Å². The minimum atomic E-state index is -4.53. The van der Waals surface area contributed by atoms with Gasteiger partial charge in [0.25, 0.3) is 5.56 Å². The molecule has 2 amide bonds. The smallest absolute Gasteiger partial charge is 0.416 e. The van der Waals surface area contributed by atoms with Crippen LogP contribution < -0.4 is 26.7 Å². The predicted octanol–water partition coefficient (Wildman–Crippen LogP) is 3.60. The Morgan fingerprint density at radius 2 is 1.92 bits per heavy atom. The maximum absolute atomic E-state index is 13.6. The van der Waals surface area contributed by atoms with Crippen molar-refractivity contribution in [1.29, 1.82) is 0 Å². The molecule has 2 atom stereocenters. The highest BCUT2D eigenvalue weighted by molar-refractivity contribution is 5.94. The molecular weight excluding hydrogens is 503 g/mol. The van der Waals surface area contributed by atoms with Crippen LogP contribution >= 0.6 is 0 Å². The Morgan fingerprint density at radius 3 is 2.61 bits per heavy atom. The SMILES string of the molecule is COc1ccccc1NC(=O)Cc1nc2n(c(=O)c1NCc1cccc(C(F)(F)F)c1)C(C(N)=O)CC2C. The van der Waals surface area contributed by atoms with E-state index in [1.165, 1.54) is 23.8 Å². The normalized spacial score (nSPS) is 16.6. The summed E-state index contributed by atoms with van der Waals surface area (Å²) >= 11 is 0. The average Bonchev–Trinajstić information content (AvgIpc) is 3.20. The molecule has 2 unspecified atom stereocenters. The summed E-state index contributed by atoms with van der Waals surface area (Å²) < 4.78 is 45.9. The Balaban J connectivity index is 1.69. The number of para-hydroxylation sites is 2. The molecule has 2 heterocycles. The number of nitrogens with zero attached hydrogens (tertiary/aromatic N) is 2. The number of alkyl halides is 3. The summed E-state index contributed by atoms with van der Waals surface area (Å²) in [5.74, 6) is -0.739. The lowest BCUT2D eigenvalue weighted by molar-refractivity contribution is -0.137. The molecule has 1 aliphatic rings. The number of methoxy groups -OCH3 is 1. The van der Waals surface area contributed by atoms with Gasteiger partial charge in [0.05, 0.1) is 30.5 Å². The average molecular weight is 530 g/mol. The van der Waals surface area contributed by atoms with E-state index < -0.39 is 35.2 Å². The zero-order valence-corrected chi connectivity index (χ0v) is 20.6. The molecular formula is C26H26F3N5O4. The van der Waals surface area contributed by atoms with Gasteiger partial charge in [0.2, 0.25) is 11.8 Å². The van der Waals surface area contributed by atoms with Crippen LogP contribution in [0.3, 0.4) is 0 Å². The van der Waals surface area contributed by atoms with E-state index in [-0.39, 0.29) is 42.2 Å². The molecule has 0 saturated carbocycles. The van der Waals surface area contributed by atoms with Crippen molar-refractivity contribution in [3.05, 3.63) is 81.5 Å². The lowest BCUT2D eigenvalue weighted by Gasteiger charge is -2.17. The number of nitrogens with two attached hydrogens (primary N) is 1. The Hall–Kier alpha value is -4.35. The second kappa shape index (κ2) is 10.6. The molecule has 2 aromatic carbocycles. The molecule has 200 valence electrons. The maximum Gasteiger partial charge on any atom is 0.416 e. The molecule has 1 aliphatic heterocycles. The number of amides is 2. The third-order valence-corrected chi connectivity index (χ3v) is 6.31. The van der Waals surface area contributed by atoms with Gasteiger partial charge in [0.1, 0.15) is 23.3 Å². The van der Waals surface area contributed by atoms with Gasteiger partial charge in [0.15, 0.2) is 0 Å². The quantitative estimate of drug-likeness (QED) is 0.409. The van der Waals surface area contributed by atoms with Gasteiger partial charge in [-0.1, -0.05) is 31.2 Å². The van der Waals surface area contributed by atoms with E-state index in [9.17, 15) is 27.6 Å². The van der Waals surface area contributed by atoms with E-state index in [2.05, 4.69) is 15.6 Å². The first-order chi connectivity index (χ1) is 18.0. The van der Waals surface area contributed by atoms with Gasteiger partial charge in [0, 0.05) is 12.5 Å². The van der Waals surface area contributed by atoms with Crippen molar-refractivity contribution in [3.63, 3.8) is 0 Å². The maximum atomic E-state index is 13.6. The van der Waals surface area contributed by atoms with Crippen molar-refractivity contribution in [1.82, 2.24) is 9.55 Å². The Morgan fingerprint density at radius 1 is 1.18 bits per heavy atom. The monoisotopic (exact) mass is 529 g/mol. The van der Waals surface area contributed by atoms with Crippen molar-refractivity contribution in [2.75, 3.05) is 17.7 Å². The number of primary amides is 1. The summed E-state index contributed by atoms with van der Waals surface area (Å²) in [7, 11) is 1.46. The van der Waals surface area contributed by atoms with E-state index in [1.807, 2.05) is 0 Å². The molecule has 3 aromatic rings. The lowest BCUT2D eigenvalue weighted by Crippen LogP contribution is -2.35. The predicted molar refractivity (Wildman–Crippen MR) is 134 cm³/mol. The molecule has 0 saturated heterocycles. The van der Waals surface area contributed by atoms with Gasteiger partial charge < -0.3 is 21.1 Å². The minimum Gasteiger partial charge on any atom is -0.495 e. The summed E-state index contributed by atoms with van der Waals surface area (Å²) in [6.45, 7) is 1.63. The molecule has 1 aromatic heterocycles. The number of hydrogen-bond donors (Lipinski definition) is 3. The fourth-order valence-corrected chi connectivity index (χ4v) is 4.48.